The molecule has 7 nitrogen and oxygen atoms in total. The number of aliphatic hydroxyl groups is 1. The highest BCUT2D eigenvalue weighted by atomic mass is 16.5. The lowest BCUT2D eigenvalue weighted by Crippen LogP contribution is -2.53. The van der Waals surface area contributed by atoms with Crippen LogP contribution in [0.15, 0.2) is 18.2 Å². The maximum absolute atomic E-state index is 12.8. The zero-order chi connectivity index (χ0) is 19.6. The summed E-state index contributed by atoms with van der Waals surface area (Å²) in [5.41, 5.74) is 0.473. The Labute approximate surface area is 159 Å². The Morgan fingerprint density at radius 2 is 2.00 bits per heavy atom. The molecule has 0 saturated carbocycles. The number of aliphatic hydroxyl groups excluding tert-OH is 1. The van der Waals surface area contributed by atoms with E-state index in [4.69, 9.17) is 4.74 Å². The number of methoxy groups -OCH3 is 1. The summed E-state index contributed by atoms with van der Waals surface area (Å²) < 4.78 is 5.02. The van der Waals surface area contributed by atoms with E-state index in [-0.39, 0.29) is 23.0 Å². The highest BCUT2D eigenvalue weighted by molar-refractivity contribution is 5.95. The van der Waals surface area contributed by atoms with Crippen molar-refractivity contribution >= 4 is 11.8 Å². The van der Waals surface area contributed by atoms with Gasteiger partial charge in [-0.15, -0.1) is 0 Å². The number of piperidine rings is 2. The van der Waals surface area contributed by atoms with E-state index in [1.54, 1.807) is 24.0 Å². The van der Waals surface area contributed by atoms with Crippen molar-refractivity contribution < 1.29 is 24.5 Å². The summed E-state index contributed by atoms with van der Waals surface area (Å²) in [6.45, 7) is 3.97. The molecule has 0 bridgehead atoms. The smallest absolute Gasteiger partial charge is 0.253 e. The van der Waals surface area contributed by atoms with Crippen molar-refractivity contribution in [2.45, 2.75) is 38.7 Å². The monoisotopic (exact) mass is 376 g/mol. The number of phenolic OH excluding ortho intramolecular Hbond substituents is 1. The molecule has 2 aliphatic heterocycles. The molecule has 7 heteroatoms. The molecule has 2 aliphatic rings. The fraction of sp³-hybridized carbons (Fsp3) is 0.600. The van der Waals surface area contributed by atoms with Crippen LogP contribution in [0.25, 0.3) is 0 Å². The van der Waals surface area contributed by atoms with Crippen LogP contribution in [-0.2, 0) is 4.79 Å². The quantitative estimate of drug-likeness (QED) is 0.834. The SMILES string of the molecule is COc1ccc(C(=O)N2CCC3(CCC(=O)N(C[C@@H](C)O)C3)CC2)cc1O. The van der Waals surface area contributed by atoms with E-state index in [1.165, 1.54) is 13.2 Å². The number of β-amino-alcohol motifs (C(OH)–C–C–N with tert-alkyl or cyclic N) is 1. The number of aromatic hydroxyl groups is 1. The lowest BCUT2D eigenvalue weighted by molar-refractivity contribution is -0.140. The minimum Gasteiger partial charge on any atom is -0.504 e. The molecular weight excluding hydrogens is 348 g/mol. The largest absolute Gasteiger partial charge is 0.504 e. The van der Waals surface area contributed by atoms with Crippen molar-refractivity contribution in [1.82, 2.24) is 9.80 Å². The molecule has 2 N–H and O–H groups in total. The van der Waals surface area contributed by atoms with Crippen LogP contribution in [0.2, 0.25) is 0 Å². The molecule has 27 heavy (non-hydrogen) atoms. The van der Waals surface area contributed by atoms with Crippen molar-refractivity contribution in [1.29, 1.82) is 0 Å². The number of carbonyl (C=O) groups excluding carboxylic acids is 2. The van der Waals surface area contributed by atoms with Crippen LogP contribution in [0.4, 0.5) is 0 Å². The fourth-order valence-corrected chi connectivity index (χ4v) is 4.19. The Bertz CT molecular complexity index is 710. The Kier molecular flexibility index (Phi) is 5.60. The molecule has 2 heterocycles. The van der Waals surface area contributed by atoms with Gasteiger partial charge in [0.2, 0.25) is 5.91 Å². The number of likely N-dealkylation sites (tertiary alicyclic amines) is 2. The lowest BCUT2D eigenvalue weighted by atomic mass is 9.72. The minimum absolute atomic E-state index is 0.0294. The van der Waals surface area contributed by atoms with Crippen LogP contribution >= 0.6 is 0 Å². The van der Waals surface area contributed by atoms with Gasteiger partial charge in [0.25, 0.3) is 5.91 Å². The number of nitrogens with zero attached hydrogens (tertiary/aromatic N) is 2. The zero-order valence-electron chi connectivity index (χ0n) is 16.0. The van der Waals surface area contributed by atoms with Crippen LogP contribution in [0, 0.1) is 5.41 Å². The summed E-state index contributed by atoms with van der Waals surface area (Å²) in [6, 6.07) is 4.69. The molecule has 1 atom stereocenters. The molecule has 2 amide bonds. The molecule has 1 spiro atoms. The summed E-state index contributed by atoms with van der Waals surface area (Å²) >= 11 is 0. The van der Waals surface area contributed by atoms with Gasteiger partial charge in [0, 0.05) is 38.2 Å². The van der Waals surface area contributed by atoms with E-state index >= 15 is 0 Å². The molecule has 148 valence electrons. The zero-order valence-corrected chi connectivity index (χ0v) is 16.0. The average Bonchev–Trinajstić information content (AvgIpc) is 2.64. The third kappa shape index (κ3) is 4.18. The molecule has 0 aliphatic carbocycles. The van der Waals surface area contributed by atoms with Gasteiger partial charge in [-0.1, -0.05) is 0 Å². The van der Waals surface area contributed by atoms with Gasteiger partial charge < -0.3 is 24.7 Å². The van der Waals surface area contributed by atoms with Gasteiger partial charge in [-0.3, -0.25) is 9.59 Å². The second-order valence-electron chi connectivity index (χ2n) is 7.80. The van der Waals surface area contributed by atoms with Crippen molar-refractivity contribution in [3.63, 3.8) is 0 Å². The highest BCUT2D eigenvalue weighted by Crippen LogP contribution is 2.40. The minimum atomic E-state index is -0.534. The van der Waals surface area contributed by atoms with Gasteiger partial charge in [-0.2, -0.15) is 0 Å². The summed E-state index contributed by atoms with van der Waals surface area (Å²) in [4.78, 5) is 28.5. The van der Waals surface area contributed by atoms with Crippen LogP contribution in [0.5, 0.6) is 11.5 Å². The fourth-order valence-electron chi connectivity index (χ4n) is 4.19. The number of hydrogen-bond donors (Lipinski definition) is 2. The number of carbonyl (C=O) groups is 2. The maximum Gasteiger partial charge on any atom is 0.253 e. The highest BCUT2D eigenvalue weighted by Gasteiger charge is 2.41. The van der Waals surface area contributed by atoms with E-state index in [2.05, 4.69) is 0 Å². The van der Waals surface area contributed by atoms with Crippen LogP contribution in [-0.4, -0.2) is 71.2 Å². The molecular formula is C20H28N2O5. The van der Waals surface area contributed by atoms with Crippen molar-refractivity contribution in [3.8, 4) is 11.5 Å². The summed E-state index contributed by atoms with van der Waals surface area (Å²) in [5, 5.41) is 19.5. The Hall–Kier alpha value is -2.28. The second-order valence-corrected chi connectivity index (χ2v) is 7.80. The number of amides is 2. The van der Waals surface area contributed by atoms with Crippen molar-refractivity contribution in [2.75, 3.05) is 33.3 Å². The first-order chi connectivity index (χ1) is 12.8. The molecule has 0 radical (unpaired) electrons. The Morgan fingerprint density at radius 1 is 1.30 bits per heavy atom. The third-order valence-electron chi connectivity index (χ3n) is 5.77. The van der Waals surface area contributed by atoms with E-state index in [1.807, 2.05) is 4.90 Å². The maximum atomic E-state index is 12.8. The average molecular weight is 376 g/mol. The second kappa shape index (κ2) is 7.76. The molecule has 0 unspecified atom stereocenters. The molecule has 1 aromatic rings. The van der Waals surface area contributed by atoms with Gasteiger partial charge in [-0.25, -0.2) is 0 Å². The summed E-state index contributed by atoms with van der Waals surface area (Å²) in [7, 11) is 1.47. The number of ether oxygens (including phenoxy) is 1. The van der Waals surface area contributed by atoms with Crippen molar-refractivity contribution in [2.24, 2.45) is 5.41 Å². The van der Waals surface area contributed by atoms with Gasteiger partial charge in [0.1, 0.15) is 0 Å². The molecule has 0 aromatic heterocycles. The molecule has 2 saturated heterocycles. The first kappa shape index (κ1) is 19.5. The predicted octanol–water partition coefficient (Wildman–Crippen LogP) is 1.63. The van der Waals surface area contributed by atoms with E-state index in [9.17, 15) is 19.8 Å². The van der Waals surface area contributed by atoms with Gasteiger partial charge in [0.05, 0.1) is 13.2 Å². The van der Waals surface area contributed by atoms with Crippen LogP contribution < -0.4 is 4.74 Å². The van der Waals surface area contributed by atoms with E-state index < -0.39 is 6.10 Å². The van der Waals surface area contributed by atoms with Gasteiger partial charge >= 0.3 is 0 Å². The Morgan fingerprint density at radius 3 is 2.59 bits per heavy atom. The topological polar surface area (TPSA) is 90.3 Å². The molecule has 2 fully saturated rings. The van der Waals surface area contributed by atoms with E-state index in [0.717, 1.165) is 19.3 Å². The number of rotatable bonds is 4. The van der Waals surface area contributed by atoms with Gasteiger partial charge in [-0.05, 0) is 49.8 Å². The van der Waals surface area contributed by atoms with Gasteiger partial charge in [0.15, 0.2) is 11.5 Å². The first-order valence-corrected chi connectivity index (χ1v) is 9.46. The molecule has 3 rings (SSSR count). The van der Waals surface area contributed by atoms with Crippen LogP contribution in [0.1, 0.15) is 43.0 Å². The normalized spacial score (nSPS) is 20.6. The Balaban J connectivity index is 1.63. The van der Waals surface area contributed by atoms with E-state index in [0.29, 0.717) is 43.9 Å². The standard InChI is InChI=1S/C20H28N2O5/c1-14(23)12-22-13-20(6-5-18(22)25)7-9-21(10-8-20)19(26)15-3-4-17(27-2)16(24)11-15/h3-4,11,14,23-24H,5-10,12-13H2,1-2H3/t14-/m1/s1. The predicted molar refractivity (Wildman–Crippen MR) is 99.7 cm³/mol. The molecule has 1 aromatic carbocycles. The summed E-state index contributed by atoms with van der Waals surface area (Å²) in [6.07, 6.45) is 2.49. The van der Waals surface area contributed by atoms with Crippen molar-refractivity contribution in [3.05, 3.63) is 23.8 Å². The third-order valence-corrected chi connectivity index (χ3v) is 5.77. The van der Waals surface area contributed by atoms with Crippen LogP contribution in [0.3, 0.4) is 0 Å². The summed E-state index contributed by atoms with van der Waals surface area (Å²) in [5.74, 6) is 0.301. The number of hydrogen-bond acceptors (Lipinski definition) is 5. The number of phenols is 1. The number of benzene rings is 1. The first-order valence-electron chi connectivity index (χ1n) is 9.46. The lowest BCUT2D eigenvalue weighted by Gasteiger charge is -2.47.